The molecule has 7 nitrogen and oxygen atoms in total. The number of nitrogens with zero attached hydrogens (tertiary/aromatic N) is 1. The molecule has 1 aromatic rings. The molecule has 0 unspecified atom stereocenters. The number of amides is 2. The minimum absolute atomic E-state index is 0.0982. The highest BCUT2D eigenvalue weighted by Gasteiger charge is 2.68. The zero-order chi connectivity index (χ0) is 18.6. The van der Waals surface area contributed by atoms with E-state index in [-0.39, 0.29) is 18.4 Å². The fourth-order valence-electron chi connectivity index (χ4n) is 3.96. The van der Waals surface area contributed by atoms with Crippen LogP contribution in [0.2, 0.25) is 0 Å². The van der Waals surface area contributed by atoms with Crippen molar-refractivity contribution in [3.63, 3.8) is 0 Å². The zero-order valence-corrected chi connectivity index (χ0v) is 15.7. The third-order valence-corrected chi connectivity index (χ3v) is 5.53. The molecule has 3 aliphatic heterocycles. The van der Waals surface area contributed by atoms with Crippen LogP contribution in [0.3, 0.4) is 0 Å². The number of fused-ring (bicyclic) bond motifs is 5. The molecule has 0 spiro atoms. The number of anilines is 1. The highest BCUT2D eigenvalue weighted by atomic mass is 79.9. The Balaban J connectivity index is 1.73. The second-order valence-electron chi connectivity index (χ2n) is 6.51. The molecule has 0 N–H and O–H groups in total. The summed E-state index contributed by atoms with van der Waals surface area (Å²) in [5.41, 5.74) is -0.713. The fourth-order valence-corrected chi connectivity index (χ4v) is 4.31. The molecule has 3 aliphatic rings. The van der Waals surface area contributed by atoms with Crippen molar-refractivity contribution in [2.75, 3.05) is 18.6 Å². The van der Waals surface area contributed by atoms with Gasteiger partial charge in [-0.2, -0.15) is 0 Å². The number of hydrogen-bond donors (Lipinski definition) is 0. The summed E-state index contributed by atoms with van der Waals surface area (Å²) in [6.45, 7) is 1.19. The van der Waals surface area contributed by atoms with Crippen molar-refractivity contribution < 1.29 is 28.6 Å². The lowest BCUT2D eigenvalue weighted by molar-refractivity contribution is -0.150. The molecule has 26 heavy (non-hydrogen) atoms. The second kappa shape index (κ2) is 5.92. The lowest BCUT2D eigenvalue weighted by atomic mass is 9.77. The Hall–Kier alpha value is -2.19. The molecule has 2 amide bonds. The van der Waals surface area contributed by atoms with Crippen LogP contribution < -0.4 is 9.64 Å². The molecular weight excluding hydrogens is 406 g/mol. The number of ether oxygens (including phenoxy) is 3. The Morgan fingerprint density at radius 1 is 1.35 bits per heavy atom. The van der Waals surface area contributed by atoms with Crippen molar-refractivity contribution in [3.05, 3.63) is 34.8 Å². The van der Waals surface area contributed by atoms with Crippen molar-refractivity contribution >= 4 is 39.4 Å². The third-order valence-electron chi connectivity index (χ3n) is 5.04. The molecule has 2 saturated heterocycles. The first-order valence-electron chi connectivity index (χ1n) is 8.10. The Bertz CT molecular complexity index is 852. The van der Waals surface area contributed by atoms with Crippen LogP contribution in [-0.2, 0) is 23.9 Å². The molecule has 8 heteroatoms. The van der Waals surface area contributed by atoms with Gasteiger partial charge in [-0.3, -0.25) is 14.4 Å². The van der Waals surface area contributed by atoms with E-state index in [0.29, 0.717) is 11.4 Å². The summed E-state index contributed by atoms with van der Waals surface area (Å²) < 4.78 is 17.0. The predicted octanol–water partition coefficient (Wildman–Crippen LogP) is 1.83. The number of halogens is 1. The van der Waals surface area contributed by atoms with E-state index >= 15 is 0 Å². The van der Waals surface area contributed by atoms with Crippen LogP contribution in [-0.4, -0.2) is 43.2 Å². The van der Waals surface area contributed by atoms with Gasteiger partial charge in [0.1, 0.15) is 18.0 Å². The largest absolute Gasteiger partial charge is 0.495 e. The van der Waals surface area contributed by atoms with Crippen LogP contribution in [0, 0.1) is 11.8 Å². The van der Waals surface area contributed by atoms with Crippen molar-refractivity contribution in [2.45, 2.75) is 18.6 Å². The summed E-state index contributed by atoms with van der Waals surface area (Å²) >= 11 is 3.36. The van der Waals surface area contributed by atoms with Gasteiger partial charge < -0.3 is 14.2 Å². The van der Waals surface area contributed by atoms with Gasteiger partial charge in [-0.1, -0.05) is 22.0 Å². The van der Waals surface area contributed by atoms with E-state index in [1.807, 2.05) is 0 Å². The SMILES string of the molecule is COc1ccc(Br)cc1N1C(=O)[C@H]2[C@@H](C1=O)[C@@]1(COC(C)=O)C=C[C@H]2O1. The number of hydrogen-bond acceptors (Lipinski definition) is 6. The Kier molecular flexibility index (Phi) is 3.92. The van der Waals surface area contributed by atoms with Gasteiger partial charge in [0.2, 0.25) is 11.8 Å². The molecule has 136 valence electrons. The van der Waals surface area contributed by atoms with Gasteiger partial charge in [0.25, 0.3) is 0 Å². The maximum atomic E-state index is 13.2. The van der Waals surface area contributed by atoms with Gasteiger partial charge in [-0.25, -0.2) is 4.90 Å². The first-order chi connectivity index (χ1) is 12.4. The molecule has 2 bridgehead atoms. The molecule has 0 saturated carbocycles. The van der Waals surface area contributed by atoms with Gasteiger partial charge in [-0.05, 0) is 24.3 Å². The quantitative estimate of drug-likeness (QED) is 0.419. The molecule has 4 atom stereocenters. The molecule has 0 aromatic heterocycles. The van der Waals surface area contributed by atoms with Gasteiger partial charge >= 0.3 is 5.97 Å². The average Bonchev–Trinajstić information content (AvgIpc) is 3.24. The lowest BCUT2D eigenvalue weighted by Gasteiger charge is -2.28. The summed E-state index contributed by atoms with van der Waals surface area (Å²) in [6.07, 6.45) is 2.99. The van der Waals surface area contributed by atoms with Crippen molar-refractivity contribution in [1.82, 2.24) is 0 Å². The molecule has 0 aliphatic carbocycles. The van der Waals surface area contributed by atoms with Crippen molar-refractivity contribution in [3.8, 4) is 5.75 Å². The predicted molar refractivity (Wildman–Crippen MR) is 93.5 cm³/mol. The Morgan fingerprint density at radius 2 is 2.12 bits per heavy atom. The minimum Gasteiger partial charge on any atom is -0.495 e. The maximum absolute atomic E-state index is 13.2. The number of methoxy groups -OCH3 is 1. The molecule has 0 radical (unpaired) electrons. The van der Waals surface area contributed by atoms with E-state index in [0.717, 1.165) is 9.37 Å². The third kappa shape index (κ3) is 2.32. The van der Waals surface area contributed by atoms with Crippen LogP contribution in [0.4, 0.5) is 5.69 Å². The Morgan fingerprint density at radius 3 is 2.81 bits per heavy atom. The van der Waals surface area contributed by atoms with Gasteiger partial charge in [0, 0.05) is 11.4 Å². The lowest BCUT2D eigenvalue weighted by Crippen LogP contribution is -2.44. The normalized spacial score (nSPS) is 31.5. The van der Waals surface area contributed by atoms with E-state index in [1.165, 1.54) is 14.0 Å². The van der Waals surface area contributed by atoms with Crippen LogP contribution >= 0.6 is 15.9 Å². The average molecular weight is 422 g/mol. The number of esters is 1. The summed E-state index contributed by atoms with van der Waals surface area (Å²) in [4.78, 5) is 38.6. The number of carbonyl (C=O) groups is 3. The summed E-state index contributed by atoms with van der Waals surface area (Å²) in [7, 11) is 1.48. The molecule has 2 fully saturated rings. The monoisotopic (exact) mass is 421 g/mol. The number of benzene rings is 1. The standard InChI is InChI=1S/C18H16BrNO6/c1-9(21)25-8-18-6-5-13(26-18)14-15(18)17(23)20(16(14)22)11-7-10(19)3-4-12(11)24-2/h3-7,13-15H,8H2,1-2H3/t13-,14-,15+,18+/m1/s1. The first kappa shape index (κ1) is 17.2. The summed E-state index contributed by atoms with van der Waals surface area (Å²) in [5, 5.41) is 0. The highest BCUT2D eigenvalue weighted by molar-refractivity contribution is 9.10. The molecule has 1 aromatic carbocycles. The van der Waals surface area contributed by atoms with Crippen LogP contribution in [0.1, 0.15) is 6.92 Å². The molecular formula is C18H16BrNO6. The summed E-state index contributed by atoms with van der Waals surface area (Å²) in [5.74, 6) is -2.12. The van der Waals surface area contributed by atoms with Crippen LogP contribution in [0.15, 0.2) is 34.8 Å². The number of rotatable bonds is 4. The smallest absolute Gasteiger partial charge is 0.302 e. The van der Waals surface area contributed by atoms with E-state index < -0.39 is 29.5 Å². The topological polar surface area (TPSA) is 82.1 Å². The first-order valence-corrected chi connectivity index (χ1v) is 8.89. The van der Waals surface area contributed by atoms with Crippen LogP contribution in [0.5, 0.6) is 5.75 Å². The van der Waals surface area contributed by atoms with Crippen molar-refractivity contribution in [2.24, 2.45) is 11.8 Å². The zero-order valence-electron chi connectivity index (χ0n) is 14.1. The highest BCUT2D eigenvalue weighted by Crippen LogP contribution is 2.53. The summed E-state index contributed by atoms with van der Waals surface area (Å²) in [6, 6.07) is 5.13. The molecule has 4 rings (SSSR count). The minimum atomic E-state index is -1.10. The van der Waals surface area contributed by atoms with E-state index in [4.69, 9.17) is 14.2 Å². The van der Waals surface area contributed by atoms with Crippen LogP contribution in [0.25, 0.3) is 0 Å². The van der Waals surface area contributed by atoms with Gasteiger partial charge in [-0.15, -0.1) is 0 Å². The maximum Gasteiger partial charge on any atom is 0.302 e. The van der Waals surface area contributed by atoms with E-state index in [1.54, 1.807) is 30.4 Å². The number of carbonyl (C=O) groups excluding carboxylic acids is 3. The van der Waals surface area contributed by atoms with Gasteiger partial charge in [0.15, 0.2) is 0 Å². The molecule has 3 heterocycles. The Labute approximate surface area is 158 Å². The van der Waals surface area contributed by atoms with Gasteiger partial charge in [0.05, 0.1) is 30.7 Å². The van der Waals surface area contributed by atoms with E-state index in [2.05, 4.69) is 15.9 Å². The second-order valence-corrected chi connectivity index (χ2v) is 7.42. The fraction of sp³-hybridized carbons (Fsp3) is 0.389. The number of imide groups is 1. The van der Waals surface area contributed by atoms with Crippen molar-refractivity contribution in [1.29, 1.82) is 0 Å². The van der Waals surface area contributed by atoms with E-state index in [9.17, 15) is 14.4 Å².